The summed E-state index contributed by atoms with van der Waals surface area (Å²) in [6, 6.07) is 19.7. The van der Waals surface area contributed by atoms with Gasteiger partial charge in [0.1, 0.15) is 5.75 Å². The molecular formula is C24H26N2O4S. The average molecular weight is 439 g/mol. The first-order valence-corrected chi connectivity index (χ1v) is 11.4. The summed E-state index contributed by atoms with van der Waals surface area (Å²) in [5.74, 6) is 0.177. The number of rotatable bonds is 8. The normalized spacial score (nSPS) is 11.2. The van der Waals surface area contributed by atoms with Crippen LogP contribution in [0.4, 0.5) is 5.69 Å². The lowest BCUT2D eigenvalue weighted by Crippen LogP contribution is -2.23. The number of amides is 1. The van der Waals surface area contributed by atoms with Gasteiger partial charge in [-0.2, -0.15) is 0 Å². The number of anilines is 1. The number of nitrogens with one attached hydrogen (secondary N) is 2. The van der Waals surface area contributed by atoms with Crippen molar-refractivity contribution in [3.05, 3.63) is 89.0 Å². The van der Waals surface area contributed by atoms with Crippen LogP contribution in [-0.2, 0) is 21.4 Å². The molecule has 0 aromatic heterocycles. The van der Waals surface area contributed by atoms with Gasteiger partial charge in [-0.25, -0.2) is 13.1 Å². The van der Waals surface area contributed by atoms with Gasteiger partial charge in [0.15, 0.2) is 6.61 Å². The standard InChI is InChI=1S/C24H26N2O4S/c1-17-8-7-9-18(2)24(17)26-23(27)16-30-22-13-12-21(14-19(22)3)31(28,29)25-15-20-10-5-4-6-11-20/h4-14,25H,15-16H2,1-3H3,(H,26,27). The van der Waals surface area contributed by atoms with Gasteiger partial charge in [-0.05, 0) is 61.2 Å². The molecule has 0 aliphatic heterocycles. The molecule has 1 amide bonds. The highest BCUT2D eigenvalue weighted by atomic mass is 32.2. The molecule has 7 heteroatoms. The summed E-state index contributed by atoms with van der Waals surface area (Å²) in [5, 5.41) is 2.87. The number of benzene rings is 3. The van der Waals surface area contributed by atoms with Crippen LogP contribution in [0.25, 0.3) is 0 Å². The zero-order valence-electron chi connectivity index (χ0n) is 17.8. The highest BCUT2D eigenvalue weighted by Gasteiger charge is 2.16. The molecule has 0 saturated heterocycles. The van der Waals surface area contributed by atoms with Gasteiger partial charge in [-0.3, -0.25) is 4.79 Å². The summed E-state index contributed by atoms with van der Waals surface area (Å²) in [4.78, 5) is 12.5. The Morgan fingerprint density at radius 3 is 2.19 bits per heavy atom. The van der Waals surface area contributed by atoms with Crippen LogP contribution < -0.4 is 14.8 Å². The molecule has 3 rings (SSSR count). The first-order chi connectivity index (χ1) is 14.8. The Balaban J connectivity index is 1.62. The minimum Gasteiger partial charge on any atom is -0.483 e. The van der Waals surface area contributed by atoms with E-state index in [4.69, 9.17) is 4.74 Å². The van der Waals surface area contributed by atoms with Crippen LogP contribution in [0.1, 0.15) is 22.3 Å². The van der Waals surface area contributed by atoms with Crippen LogP contribution in [0.5, 0.6) is 5.75 Å². The number of hydrogen-bond acceptors (Lipinski definition) is 4. The highest BCUT2D eigenvalue weighted by Crippen LogP contribution is 2.23. The van der Waals surface area contributed by atoms with Gasteiger partial charge in [0, 0.05) is 12.2 Å². The summed E-state index contributed by atoms with van der Waals surface area (Å²) in [5.41, 5.74) is 4.23. The monoisotopic (exact) mass is 438 g/mol. The summed E-state index contributed by atoms with van der Waals surface area (Å²) < 4.78 is 33.4. The molecule has 0 aliphatic carbocycles. The Hall–Kier alpha value is -3.16. The second kappa shape index (κ2) is 9.76. The zero-order valence-corrected chi connectivity index (χ0v) is 18.6. The average Bonchev–Trinajstić information content (AvgIpc) is 2.75. The van der Waals surface area contributed by atoms with Crippen molar-refractivity contribution in [2.45, 2.75) is 32.2 Å². The zero-order chi connectivity index (χ0) is 22.4. The summed E-state index contributed by atoms with van der Waals surface area (Å²) in [6.07, 6.45) is 0. The Morgan fingerprint density at radius 2 is 1.55 bits per heavy atom. The van der Waals surface area contributed by atoms with Gasteiger partial charge >= 0.3 is 0 Å². The van der Waals surface area contributed by atoms with Crippen LogP contribution in [0, 0.1) is 20.8 Å². The Bertz CT molecular complexity index is 1160. The number of ether oxygens (including phenoxy) is 1. The van der Waals surface area contributed by atoms with E-state index in [1.54, 1.807) is 13.0 Å². The van der Waals surface area contributed by atoms with Gasteiger partial charge in [0.05, 0.1) is 4.90 Å². The summed E-state index contributed by atoms with van der Waals surface area (Å²) in [7, 11) is -3.66. The maximum Gasteiger partial charge on any atom is 0.262 e. The van der Waals surface area contributed by atoms with E-state index < -0.39 is 10.0 Å². The van der Waals surface area contributed by atoms with E-state index in [1.165, 1.54) is 12.1 Å². The fourth-order valence-electron chi connectivity index (χ4n) is 3.14. The third-order valence-electron chi connectivity index (χ3n) is 4.87. The highest BCUT2D eigenvalue weighted by molar-refractivity contribution is 7.89. The molecule has 0 saturated carbocycles. The smallest absolute Gasteiger partial charge is 0.262 e. The molecule has 0 aliphatic rings. The fourth-order valence-corrected chi connectivity index (χ4v) is 4.24. The van der Waals surface area contributed by atoms with Crippen molar-refractivity contribution >= 4 is 21.6 Å². The first kappa shape index (κ1) is 22.5. The topological polar surface area (TPSA) is 84.5 Å². The number of carbonyl (C=O) groups is 1. The number of sulfonamides is 1. The van der Waals surface area contributed by atoms with Crippen molar-refractivity contribution < 1.29 is 17.9 Å². The van der Waals surface area contributed by atoms with Crippen molar-refractivity contribution in [1.29, 1.82) is 0 Å². The number of para-hydroxylation sites is 1. The van der Waals surface area contributed by atoms with E-state index in [0.717, 1.165) is 22.4 Å². The second-order valence-corrected chi connectivity index (χ2v) is 9.11. The second-order valence-electron chi connectivity index (χ2n) is 7.34. The molecule has 31 heavy (non-hydrogen) atoms. The van der Waals surface area contributed by atoms with Crippen molar-refractivity contribution in [3.8, 4) is 5.75 Å². The number of carbonyl (C=O) groups excluding carboxylic acids is 1. The van der Waals surface area contributed by atoms with Gasteiger partial charge in [-0.15, -0.1) is 0 Å². The van der Waals surface area contributed by atoms with E-state index in [-0.39, 0.29) is 24.0 Å². The third kappa shape index (κ3) is 5.93. The van der Waals surface area contributed by atoms with E-state index >= 15 is 0 Å². The molecule has 0 unspecified atom stereocenters. The Morgan fingerprint density at radius 1 is 0.871 bits per heavy atom. The van der Waals surface area contributed by atoms with Gasteiger partial charge in [0.25, 0.3) is 5.91 Å². The molecule has 3 aromatic rings. The fraction of sp³-hybridized carbons (Fsp3) is 0.208. The van der Waals surface area contributed by atoms with Crippen molar-refractivity contribution in [3.63, 3.8) is 0 Å². The molecule has 6 nitrogen and oxygen atoms in total. The van der Waals surface area contributed by atoms with Gasteiger partial charge in [0.2, 0.25) is 10.0 Å². The maximum atomic E-state index is 12.6. The molecule has 2 N–H and O–H groups in total. The third-order valence-corrected chi connectivity index (χ3v) is 6.27. The first-order valence-electron chi connectivity index (χ1n) is 9.89. The number of aryl methyl sites for hydroxylation is 3. The van der Waals surface area contributed by atoms with Gasteiger partial charge in [-0.1, -0.05) is 48.5 Å². The lowest BCUT2D eigenvalue weighted by molar-refractivity contribution is -0.118. The SMILES string of the molecule is Cc1cc(S(=O)(=O)NCc2ccccc2)ccc1OCC(=O)Nc1c(C)cccc1C. The summed E-state index contributed by atoms with van der Waals surface area (Å²) in [6.45, 7) is 5.64. The van der Waals surface area contributed by atoms with Gasteiger partial charge < -0.3 is 10.1 Å². The largest absolute Gasteiger partial charge is 0.483 e. The van der Waals surface area contributed by atoms with E-state index in [1.807, 2.05) is 62.4 Å². The molecule has 0 heterocycles. The Labute approximate surface area is 183 Å². The minimum atomic E-state index is -3.66. The maximum absolute atomic E-state index is 12.6. The van der Waals surface area contributed by atoms with Crippen LogP contribution in [0.2, 0.25) is 0 Å². The Kier molecular flexibility index (Phi) is 7.09. The van der Waals surface area contributed by atoms with Crippen LogP contribution in [0.3, 0.4) is 0 Å². The van der Waals surface area contributed by atoms with Crippen molar-refractivity contribution in [2.24, 2.45) is 0 Å². The van der Waals surface area contributed by atoms with Crippen molar-refractivity contribution in [2.75, 3.05) is 11.9 Å². The minimum absolute atomic E-state index is 0.147. The molecule has 0 atom stereocenters. The molecular weight excluding hydrogens is 412 g/mol. The van der Waals surface area contributed by atoms with Crippen molar-refractivity contribution in [1.82, 2.24) is 4.72 Å². The molecule has 3 aromatic carbocycles. The lowest BCUT2D eigenvalue weighted by atomic mass is 10.1. The van der Waals surface area contributed by atoms with E-state index in [0.29, 0.717) is 11.3 Å². The van der Waals surface area contributed by atoms with E-state index in [9.17, 15) is 13.2 Å². The predicted octanol–water partition coefficient (Wildman–Crippen LogP) is 4.11. The predicted molar refractivity (Wildman–Crippen MR) is 122 cm³/mol. The molecule has 0 radical (unpaired) electrons. The van der Waals surface area contributed by atoms with Crippen LogP contribution >= 0.6 is 0 Å². The number of hydrogen-bond donors (Lipinski definition) is 2. The molecule has 162 valence electrons. The molecule has 0 bridgehead atoms. The summed E-state index contributed by atoms with van der Waals surface area (Å²) >= 11 is 0. The lowest BCUT2D eigenvalue weighted by Gasteiger charge is -2.14. The van der Waals surface area contributed by atoms with E-state index in [2.05, 4.69) is 10.0 Å². The van der Waals surface area contributed by atoms with Crippen LogP contribution in [0.15, 0.2) is 71.6 Å². The quantitative estimate of drug-likeness (QED) is 0.554. The van der Waals surface area contributed by atoms with Crippen LogP contribution in [-0.4, -0.2) is 20.9 Å². The molecule has 0 spiro atoms. The molecule has 0 fully saturated rings.